The first-order valence-corrected chi connectivity index (χ1v) is 9.74. The minimum absolute atomic E-state index is 0.155. The molecule has 3 N–H and O–H groups in total. The molecule has 2 heterocycles. The summed E-state index contributed by atoms with van der Waals surface area (Å²) in [5, 5.41) is 5.81. The van der Waals surface area contributed by atoms with Crippen LogP contribution in [0, 0.1) is 0 Å². The van der Waals surface area contributed by atoms with Crippen LogP contribution in [-0.2, 0) is 6.54 Å². The van der Waals surface area contributed by atoms with Crippen molar-refractivity contribution >= 4 is 34.4 Å². The fourth-order valence-electron chi connectivity index (χ4n) is 2.92. The van der Waals surface area contributed by atoms with Crippen LogP contribution in [-0.4, -0.2) is 39.4 Å². The van der Waals surface area contributed by atoms with Gasteiger partial charge in [-0.05, 0) is 24.6 Å². The molecule has 0 aliphatic heterocycles. The van der Waals surface area contributed by atoms with E-state index in [-0.39, 0.29) is 35.6 Å². The number of benzene rings is 1. The second kappa shape index (κ2) is 9.36. The van der Waals surface area contributed by atoms with E-state index in [1.165, 1.54) is 16.8 Å². The molecule has 3 rings (SSSR count). The molecule has 0 aliphatic rings. The molecule has 10 heteroatoms. The van der Waals surface area contributed by atoms with Crippen LogP contribution in [0.1, 0.15) is 34.1 Å². The summed E-state index contributed by atoms with van der Waals surface area (Å²) in [7, 11) is 0. The number of halogens is 1. The minimum Gasteiger partial charge on any atom is -0.350 e. The molecule has 156 valence electrons. The Morgan fingerprint density at radius 2 is 1.83 bits per heavy atom. The third-order valence-electron chi connectivity index (χ3n) is 4.36. The van der Waals surface area contributed by atoms with E-state index < -0.39 is 17.2 Å². The molecule has 0 aliphatic carbocycles. The van der Waals surface area contributed by atoms with Gasteiger partial charge in [0, 0.05) is 25.8 Å². The summed E-state index contributed by atoms with van der Waals surface area (Å²) >= 11 is 5.98. The Morgan fingerprint density at radius 3 is 2.53 bits per heavy atom. The monoisotopic (exact) mass is 429 g/mol. The Morgan fingerprint density at radius 1 is 1.13 bits per heavy atom. The van der Waals surface area contributed by atoms with E-state index >= 15 is 0 Å². The van der Waals surface area contributed by atoms with Crippen molar-refractivity contribution in [1.29, 1.82) is 0 Å². The van der Waals surface area contributed by atoms with E-state index in [1.54, 1.807) is 24.3 Å². The van der Waals surface area contributed by atoms with Crippen LogP contribution in [0.15, 0.2) is 46.1 Å². The van der Waals surface area contributed by atoms with Crippen molar-refractivity contribution in [2.75, 3.05) is 13.1 Å². The summed E-state index contributed by atoms with van der Waals surface area (Å²) in [4.78, 5) is 54.9. The molecule has 30 heavy (non-hydrogen) atoms. The number of fused-ring (bicyclic) bond motifs is 1. The maximum absolute atomic E-state index is 12.4. The van der Waals surface area contributed by atoms with E-state index in [4.69, 9.17) is 11.6 Å². The maximum Gasteiger partial charge on any atom is 0.329 e. The van der Waals surface area contributed by atoms with Gasteiger partial charge in [-0.3, -0.25) is 23.9 Å². The molecular formula is C20H20ClN5O4. The Balaban J connectivity index is 1.66. The van der Waals surface area contributed by atoms with Gasteiger partial charge in [0.25, 0.3) is 17.4 Å². The maximum atomic E-state index is 12.4. The number of aromatic nitrogens is 3. The number of aromatic amines is 1. The number of hydrogen-bond donors (Lipinski definition) is 3. The van der Waals surface area contributed by atoms with Gasteiger partial charge in [-0.25, -0.2) is 9.78 Å². The van der Waals surface area contributed by atoms with E-state index in [9.17, 15) is 19.2 Å². The second-order valence-corrected chi connectivity index (χ2v) is 6.90. The zero-order valence-corrected chi connectivity index (χ0v) is 17.0. The highest BCUT2D eigenvalue weighted by Crippen LogP contribution is 2.14. The van der Waals surface area contributed by atoms with E-state index in [1.807, 2.05) is 6.92 Å². The first-order chi connectivity index (χ1) is 14.4. The van der Waals surface area contributed by atoms with Gasteiger partial charge in [0.15, 0.2) is 0 Å². The van der Waals surface area contributed by atoms with Crippen LogP contribution < -0.4 is 21.9 Å². The Labute approximate surface area is 176 Å². The van der Waals surface area contributed by atoms with Crippen molar-refractivity contribution in [1.82, 2.24) is 25.2 Å². The molecule has 0 bridgehead atoms. The van der Waals surface area contributed by atoms with Gasteiger partial charge in [0.2, 0.25) is 0 Å². The number of carbonyl (C=O) groups excluding carboxylic acids is 2. The highest BCUT2D eigenvalue weighted by atomic mass is 35.5. The number of nitrogens with zero attached hydrogens (tertiary/aromatic N) is 2. The van der Waals surface area contributed by atoms with Gasteiger partial charge in [-0.15, -0.1) is 0 Å². The molecular weight excluding hydrogens is 410 g/mol. The van der Waals surface area contributed by atoms with Crippen LogP contribution >= 0.6 is 11.6 Å². The SMILES string of the molecule is CCCn1c(=O)[nH]c(=O)c2cc(C(=O)NCCNC(=O)c3ccccc3Cl)cnc21. The second-order valence-electron chi connectivity index (χ2n) is 6.50. The largest absolute Gasteiger partial charge is 0.350 e. The zero-order chi connectivity index (χ0) is 21.7. The smallest absolute Gasteiger partial charge is 0.329 e. The summed E-state index contributed by atoms with van der Waals surface area (Å²) in [6.07, 6.45) is 2.00. The van der Waals surface area contributed by atoms with Crippen LogP contribution in [0.5, 0.6) is 0 Å². The summed E-state index contributed by atoms with van der Waals surface area (Å²) < 4.78 is 1.36. The molecule has 3 aromatic rings. The van der Waals surface area contributed by atoms with E-state index in [2.05, 4.69) is 20.6 Å². The van der Waals surface area contributed by atoms with E-state index in [0.717, 1.165) is 0 Å². The fourth-order valence-corrected chi connectivity index (χ4v) is 3.14. The topological polar surface area (TPSA) is 126 Å². The van der Waals surface area contributed by atoms with Gasteiger partial charge in [0.05, 0.1) is 21.5 Å². The number of rotatable bonds is 7. The van der Waals surface area contributed by atoms with Crippen LogP contribution in [0.25, 0.3) is 11.0 Å². The summed E-state index contributed by atoms with van der Waals surface area (Å²) in [5.41, 5.74) is -0.382. The number of H-pyrrole nitrogens is 1. The molecule has 2 amide bonds. The molecule has 9 nitrogen and oxygen atoms in total. The van der Waals surface area contributed by atoms with Crippen LogP contribution in [0.4, 0.5) is 0 Å². The lowest BCUT2D eigenvalue weighted by Gasteiger charge is -2.10. The van der Waals surface area contributed by atoms with Crippen molar-refractivity contribution in [2.45, 2.75) is 19.9 Å². The Kier molecular flexibility index (Phi) is 6.63. The predicted molar refractivity (Wildman–Crippen MR) is 113 cm³/mol. The van der Waals surface area contributed by atoms with E-state index in [0.29, 0.717) is 23.6 Å². The lowest BCUT2D eigenvalue weighted by Crippen LogP contribution is -2.35. The molecule has 0 atom stereocenters. The van der Waals surface area contributed by atoms with Crippen LogP contribution in [0.2, 0.25) is 5.02 Å². The average Bonchev–Trinajstić information content (AvgIpc) is 2.74. The molecule has 0 saturated carbocycles. The molecule has 1 aromatic carbocycles. The summed E-state index contributed by atoms with van der Waals surface area (Å²) in [5.74, 6) is -0.799. The van der Waals surface area contributed by atoms with Crippen molar-refractivity contribution < 1.29 is 9.59 Å². The molecule has 0 radical (unpaired) electrons. The lowest BCUT2D eigenvalue weighted by atomic mass is 10.2. The third-order valence-corrected chi connectivity index (χ3v) is 4.69. The Hall–Kier alpha value is -3.46. The van der Waals surface area contributed by atoms with Gasteiger partial charge >= 0.3 is 5.69 Å². The van der Waals surface area contributed by atoms with Crippen molar-refractivity contribution in [2.24, 2.45) is 0 Å². The van der Waals surface area contributed by atoms with Crippen molar-refractivity contribution in [3.05, 3.63) is 73.5 Å². The van der Waals surface area contributed by atoms with Crippen molar-refractivity contribution in [3.63, 3.8) is 0 Å². The highest BCUT2D eigenvalue weighted by Gasteiger charge is 2.13. The number of aryl methyl sites for hydroxylation is 1. The molecule has 0 saturated heterocycles. The summed E-state index contributed by atoms with van der Waals surface area (Å²) in [6, 6.07) is 8.05. The van der Waals surface area contributed by atoms with Gasteiger partial charge in [-0.2, -0.15) is 0 Å². The third kappa shape index (κ3) is 4.57. The van der Waals surface area contributed by atoms with Crippen LogP contribution in [0.3, 0.4) is 0 Å². The number of hydrogen-bond acceptors (Lipinski definition) is 5. The van der Waals surface area contributed by atoms with Gasteiger partial charge in [-0.1, -0.05) is 30.7 Å². The highest BCUT2D eigenvalue weighted by molar-refractivity contribution is 6.33. The number of carbonyl (C=O) groups is 2. The quantitative estimate of drug-likeness (QED) is 0.488. The number of amides is 2. The lowest BCUT2D eigenvalue weighted by molar-refractivity contribution is 0.0927. The predicted octanol–water partition coefficient (Wildman–Crippen LogP) is 1.31. The molecule has 0 spiro atoms. The average molecular weight is 430 g/mol. The first-order valence-electron chi connectivity index (χ1n) is 9.36. The zero-order valence-electron chi connectivity index (χ0n) is 16.2. The molecule has 0 fully saturated rings. The number of pyridine rings is 1. The first kappa shape index (κ1) is 21.3. The fraction of sp³-hybridized carbons (Fsp3) is 0.250. The minimum atomic E-state index is -0.600. The normalized spacial score (nSPS) is 10.7. The Bertz CT molecular complexity index is 1220. The molecule has 0 unspecified atom stereocenters. The van der Waals surface area contributed by atoms with Gasteiger partial charge in [0.1, 0.15) is 5.65 Å². The van der Waals surface area contributed by atoms with Gasteiger partial charge < -0.3 is 10.6 Å². The summed E-state index contributed by atoms with van der Waals surface area (Å²) in [6.45, 7) is 2.65. The standard InChI is InChI=1S/C20H20ClN5O4/c1-2-9-26-16-14(19(29)25-20(26)30)10-12(11-24-16)17(27)22-7-8-23-18(28)13-5-3-4-6-15(13)21/h3-6,10-11H,2,7-9H2,1H3,(H,22,27)(H,23,28)(H,25,29,30). The van der Waals surface area contributed by atoms with Crippen molar-refractivity contribution in [3.8, 4) is 0 Å². The number of nitrogens with one attached hydrogen (secondary N) is 3. The molecule has 2 aromatic heterocycles.